The minimum atomic E-state index is 0.258. The second-order valence-corrected chi connectivity index (χ2v) is 4.14. The summed E-state index contributed by atoms with van der Waals surface area (Å²) in [5.74, 6) is 0. The quantitative estimate of drug-likeness (QED) is 0.722. The van der Waals surface area contributed by atoms with Crippen LogP contribution in [0, 0.1) is 0 Å². The summed E-state index contributed by atoms with van der Waals surface area (Å²) in [6.45, 7) is 0.809. The van der Waals surface area contributed by atoms with Crippen molar-refractivity contribution in [3.05, 3.63) is 22.4 Å². The lowest BCUT2D eigenvalue weighted by molar-refractivity contribution is 0.00886. The van der Waals surface area contributed by atoms with Crippen molar-refractivity contribution in [2.75, 3.05) is 6.61 Å². The molecule has 0 saturated carbocycles. The van der Waals surface area contributed by atoms with E-state index in [1.165, 1.54) is 4.88 Å². The molecule has 12 heavy (non-hydrogen) atoms. The Morgan fingerprint density at radius 3 is 3.17 bits per heavy atom. The molecule has 0 aliphatic carbocycles. The molecule has 2 heterocycles. The standard InChI is InChI=1S/C9H13NOS/c10-7-3-4-11-8(6-7)9-2-1-5-12-9/h1-2,5,7-8H,3-4,6,10H2/t7-,8+/m1/s1. The number of rotatable bonds is 1. The highest BCUT2D eigenvalue weighted by Gasteiger charge is 2.21. The lowest BCUT2D eigenvalue weighted by Crippen LogP contribution is -2.30. The van der Waals surface area contributed by atoms with Crippen molar-refractivity contribution >= 4 is 11.3 Å². The van der Waals surface area contributed by atoms with Crippen LogP contribution in [-0.2, 0) is 4.74 Å². The summed E-state index contributed by atoms with van der Waals surface area (Å²) in [5.41, 5.74) is 5.86. The van der Waals surface area contributed by atoms with Gasteiger partial charge in [-0.25, -0.2) is 0 Å². The highest BCUT2D eigenvalue weighted by molar-refractivity contribution is 7.10. The van der Waals surface area contributed by atoms with Gasteiger partial charge in [-0.05, 0) is 24.3 Å². The molecule has 1 aromatic heterocycles. The van der Waals surface area contributed by atoms with Gasteiger partial charge in [0.1, 0.15) is 0 Å². The SMILES string of the molecule is N[C@@H]1CCO[C@H](c2cccs2)C1. The number of thiophene rings is 1. The molecule has 0 aromatic carbocycles. The van der Waals surface area contributed by atoms with Crippen LogP contribution in [-0.4, -0.2) is 12.6 Å². The minimum Gasteiger partial charge on any atom is -0.373 e. The van der Waals surface area contributed by atoms with E-state index in [4.69, 9.17) is 10.5 Å². The topological polar surface area (TPSA) is 35.2 Å². The largest absolute Gasteiger partial charge is 0.373 e. The van der Waals surface area contributed by atoms with Crippen molar-refractivity contribution in [1.29, 1.82) is 0 Å². The van der Waals surface area contributed by atoms with Crippen LogP contribution in [0.15, 0.2) is 17.5 Å². The molecular formula is C9H13NOS. The van der Waals surface area contributed by atoms with Crippen molar-refractivity contribution in [2.45, 2.75) is 25.0 Å². The van der Waals surface area contributed by atoms with Crippen LogP contribution in [0.5, 0.6) is 0 Å². The fourth-order valence-corrected chi connectivity index (χ4v) is 2.28. The van der Waals surface area contributed by atoms with Gasteiger partial charge in [0.15, 0.2) is 0 Å². The Morgan fingerprint density at radius 1 is 1.58 bits per heavy atom. The Hall–Kier alpha value is -0.380. The predicted octanol–water partition coefficient (Wildman–Crippen LogP) is 1.93. The van der Waals surface area contributed by atoms with Gasteiger partial charge in [-0.15, -0.1) is 11.3 Å². The molecule has 1 fully saturated rings. The molecule has 1 saturated heterocycles. The van der Waals surface area contributed by atoms with E-state index >= 15 is 0 Å². The molecule has 0 amide bonds. The molecule has 2 atom stereocenters. The van der Waals surface area contributed by atoms with Crippen LogP contribution < -0.4 is 5.73 Å². The molecular weight excluding hydrogens is 170 g/mol. The second-order valence-electron chi connectivity index (χ2n) is 3.16. The molecule has 0 radical (unpaired) electrons. The first-order chi connectivity index (χ1) is 5.86. The average molecular weight is 183 g/mol. The van der Waals surface area contributed by atoms with E-state index < -0.39 is 0 Å². The van der Waals surface area contributed by atoms with Gasteiger partial charge in [0.05, 0.1) is 6.10 Å². The van der Waals surface area contributed by atoms with Crippen molar-refractivity contribution in [2.24, 2.45) is 5.73 Å². The van der Waals surface area contributed by atoms with E-state index in [1.54, 1.807) is 11.3 Å². The number of ether oxygens (including phenoxy) is 1. The first kappa shape index (κ1) is 8.23. The van der Waals surface area contributed by atoms with Gasteiger partial charge in [0.25, 0.3) is 0 Å². The summed E-state index contributed by atoms with van der Waals surface area (Å²) in [7, 11) is 0. The Labute approximate surface area is 76.3 Å². The zero-order valence-electron chi connectivity index (χ0n) is 6.90. The van der Waals surface area contributed by atoms with E-state index in [0.717, 1.165) is 19.4 Å². The van der Waals surface area contributed by atoms with E-state index in [2.05, 4.69) is 17.5 Å². The fraction of sp³-hybridized carbons (Fsp3) is 0.556. The smallest absolute Gasteiger partial charge is 0.0931 e. The fourth-order valence-electron chi connectivity index (χ4n) is 1.50. The lowest BCUT2D eigenvalue weighted by atomic mass is 10.0. The molecule has 2 nitrogen and oxygen atoms in total. The third kappa shape index (κ3) is 1.68. The molecule has 0 unspecified atom stereocenters. The molecule has 1 aromatic rings. The van der Waals surface area contributed by atoms with Crippen LogP contribution in [0.3, 0.4) is 0 Å². The van der Waals surface area contributed by atoms with Crippen LogP contribution in [0.1, 0.15) is 23.8 Å². The van der Waals surface area contributed by atoms with Crippen LogP contribution in [0.4, 0.5) is 0 Å². The third-order valence-electron chi connectivity index (χ3n) is 2.19. The summed E-state index contributed by atoms with van der Waals surface area (Å²) in [5, 5.41) is 2.08. The number of nitrogens with two attached hydrogens (primary N) is 1. The van der Waals surface area contributed by atoms with Crippen LogP contribution in [0.2, 0.25) is 0 Å². The molecule has 3 heteroatoms. The summed E-state index contributed by atoms with van der Waals surface area (Å²) in [4.78, 5) is 1.31. The van der Waals surface area contributed by atoms with E-state index in [1.807, 2.05) is 0 Å². The lowest BCUT2D eigenvalue weighted by Gasteiger charge is -2.26. The maximum Gasteiger partial charge on any atom is 0.0931 e. The maximum absolute atomic E-state index is 5.86. The van der Waals surface area contributed by atoms with E-state index in [0.29, 0.717) is 6.04 Å². The Morgan fingerprint density at radius 2 is 2.50 bits per heavy atom. The first-order valence-corrected chi connectivity index (χ1v) is 5.15. The molecule has 66 valence electrons. The van der Waals surface area contributed by atoms with Gasteiger partial charge >= 0.3 is 0 Å². The highest BCUT2D eigenvalue weighted by atomic mass is 32.1. The molecule has 2 rings (SSSR count). The minimum absolute atomic E-state index is 0.258. The van der Waals surface area contributed by atoms with Crippen LogP contribution >= 0.6 is 11.3 Å². The van der Waals surface area contributed by atoms with E-state index in [9.17, 15) is 0 Å². The Balaban J connectivity index is 2.04. The Bertz CT molecular complexity index is 235. The van der Waals surface area contributed by atoms with Gasteiger partial charge in [-0.1, -0.05) is 6.07 Å². The molecule has 1 aliphatic rings. The summed E-state index contributed by atoms with van der Waals surface area (Å²) in [6, 6.07) is 4.50. The van der Waals surface area contributed by atoms with Gasteiger partial charge in [-0.2, -0.15) is 0 Å². The monoisotopic (exact) mass is 183 g/mol. The summed E-state index contributed by atoms with van der Waals surface area (Å²) in [6.07, 6.45) is 2.23. The van der Waals surface area contributed by atoms with E-state index in [-0.39, 0.29) is 6.10 Å². The molecule has 0 bridgehead atoms. The average Bonchev–Trinajstić information content (AvgIpc) is 2.56. The molecule has 2 N–H and O–H groups in total. The second kappa shape index (κ2) is 3.56. The highest BCUT2D eigenvalue weighted by Crippen LogP contribution is 2.29. The summed E-state index contributed by atoms with van der Waals surface area (Å²) < 4.78 is 5.62. The predicted molar refractivity (Wildman–Crippen MR) is 50.2 cm³/mol. The molecule has 1 aliphatic heterocycles. The Kier molecular flexibility index (Phi) is 2.44. The van der Waals surface area contributed by atoms with Crippen molar-refractivity contribution < 1.29 is 4.74 Å². The van der Waals surface area contributed by atoms with Crippen molar-refractivity contribution in [1.82, 2.24) is 0 Å². The van der Waals surface area contributed by atoms with Gasteiger partial charge in [0, 0.05) is 17.5 Å². The number of hydrogen-bond donors (Lipinski definition) is 1. The zero-order chi connectivity index (χ0) is 8.39. The summed E-state index contributed by atoms with van der Waals surface area (Å²) >= 11 is 1.75. The molecule has 0 spiro atoms. The normalized spacial score (nSPS) is 30.4. The first-order valence-electron chi connectivity index (χ1n) is 4.27. The van der Waals surface area contributed by atoms with Crippen molar-refractivity contribution in [3.8, 4) is 0 Å². The van der Waals surface area contributed by atoms with Crippen molar-refractivity contribution in [3.63, 3.8) is 0 Å². The van der Waals surface area contributed by atoms with Crippen LogP contribution in [0.25, 0.3) is 0 Å². The van der Waals surface area contributed by atoms with Gasteiger partial charge in [-0.3, -0.25) is 0 Å². The van der Waals surface area contributed by atoms with Gasteiger partial charge in [0.2, 0.25) is 0 Å². The third-order valence-corrected chi connectivity index (χ3v) is 3.15. The maximum atomic E-state index is 5.86. The van der Waals surface area contributed by atoms with Gasteiger partial charge < -0.3 is 10.5 Å². The zero-order valence-corrected chi connectivity index (χ0v) is 7.72. The number of hydrogen-bond acceptors (Lipinski definition) is 3.